The van der Waals surface area contributed by atoms with Gasteiger partial charge in [-0.2, -0.15) is 13.2 Å². The molecule has 0 atom stereocenters. The van der Waals surface area contributed by atoms with Crippen LogP contribution in [0.25, 0.3) is 6.08 Å². The van der Waals surface area contributed by atoms with E-state index in [0.29, 0.717) is 11.1 Å². The number of hydrogen-bond donors (Lipinski definition) is 1. The lowest BCUT2D eigenvalue weighted by molar-refractivity contribution is -0.139. The second kappa shape index (κ2) is 9.10. The third-order valence-corrected chi connectivity index (χ3v) is 5.26. The van der Waals surface area contributed by atoms with E-state index in [9.17, 15) is 26.4 Å². The fraction of sp³-hybridized carbons (Fsp3) is 0.211. The predicted octanol–water partition coefficient (Wildman–Crippen LogP) is 3.38. The zero-order chi connectivity index (χ0) is 21.7. The van der Waals surface area contributed by atoms with Gasteiger partial charge >= 0.3 is 12.1 Å². The smallest absolute Gasteiger partial charge is 0.416 e. The molecule has 0 aliphatic heterocycles. The maximum Gasteiger partial charge on any atom is 0.416 e. The van der Waals surface area contributed by atoms with Gasteiger partial charge in [0.05, 0.1) is 12.7 Å². The van der Waals surface area contributed by atoms with Gasteiger partial charge in [-0.25, -0.2) is 17.9 Å². The van der Waals surface area contributed by atoms with Crippen molar-refractivity contribution in [1.82, 2.24) is 4.72 Å². The standard InChI is InChI=1S/C19H18F3NO5S/c1-23-29(25,26)17-11-13(5-9-16(17)27-2)6-10-18(24)28-12-14-3-7-15(8-4-14)19(20,21)22/h3-11,23H,12H2,1-2H3/b10-6+. The average Bonchev–Trinajstić information content (AvgIpc) is 2.70. The van der Waals surface area contributed by atoms with E-state index in [1.54, 1.807) is 6.07 Å². The molecular formula is C19H18F3NO5S. The summed E-state index contributed by atoms with van der Waals surface area (Å²) in [7, 11) is -1.18. The average molecular weight is 429 g/mol. The number of alkyl halides is 3. The van der Waals surface area contributed by atoms with Gasteiger partial charge in [-0.15, -0.1) is 0 Å². The van der Waals surface area contributed by atoms with Crippen molar-refractivity contribution in [2.24, 2.45) is 0 Å². The number of carbonyl (C=O) groups is 1. The minimum Gasteiger partial charge on any atom is -0.495 e. The first-order valence-corrected chi connectivity index (χ1v) is 9.67. The molecule has 0 saturated carbocycles. The van der Waals surface area contributed by atoms with E-state index >= 15 is 0 Å². The summed E-state index contributed by atoms with van der Waals surface area (Å²) in [6.07, 6.45) is -2.00. The molecule has 0 bridgehead atoms. The van der Waals surface area contributed by atoms with Crippen LogP contribution in [0.1, 0.15) is 16.7 Å². The lowest BCUT2D eigenvalue weighted by Crippen LogP contribution is -2.19. The number of nitrogens with one attached hydrogen (secondary N) is 1. The van der Waals surface area contributed by atoms with Gasteiger partial charge in [0.15, 0.2) is 0 Å². The Morgan fingerprint density at radius 1 is 1.14 bits per heavy atom. The molecule has 2 aromatic rings. The highest BCUT2D eigenvalue weighted by atomic mass is 32.2. The van der Waals surface area contributed by atoms with Crippen LogP contribution >= 0.6 is 0 Å². The van der Waals surface area contributed by atoms with Gasteiger partial charge in [0, 0.05) is 6.08 Å². The van der Waals surface area contributed by atoms with Gasteiger partial charge < -0.3 is 9.47 Å². The number of sulfonamides is 1. The number of ether oxygens (including phenoxy) is 2. The predicted molar refractivity (Wildman–Crippen MR) is 99.5 cm³/mol. The molecule has 0 fully saturated rings. The molecule has 0 aromatic heterocycles. The SMILES string of the molecule is CNS(=O)(=O)c1cc(/C=C/C(=O)OCc2ccc(C(F)(F)F)cc2)ccc1OC. The first-order chi connectivity index (χ1) is 13.6. The summed E-state index contributed by atoms with van der Waals surface area (Å²) in [5.41, 5.74) is 0.0111. The quantitative estimate of drug-likeness (QED) is 0.539. The number of methoxy groups -OCH3 is 1. The summed E-state index contributed by atoms with van der Waals surface area (Å²) in [5, 5.41) is 0. The maximum absolute atomic E-state index is 12.5. The van der Waals surface area contributed by atoms with Crippen molar-refractivity contribution in [3.8, 4) is 5.75 Å². The van der Waals surface area contributed by atoms with Crippen molar-refractivity contribution < 1.29 is 35.9 Å². The molecular weight excluding hydrogens is 411 g/mol. The van der Waals surface area contributed by atoms with E-state index in [1.165, 1.54) is 44.5 Å². The Bertz CT molecular complexity index is 999. The molecule has 0 spiro atoms. The molecule has 0 amide bonds. The van der Waals surface area contributed by atoms with Gasteiger partial charge in [-0.3, -0.25) is 0 Å². The second-order valence-electron chi connectivity index (χ2n) is 5.75. The Balaban J connectivity index is 2.05. The van der Waals surface area contributed by atoms with Crippen LogP contribution in [0, 0.1) is 0 Å². The number of halogens is 3. The molecule has 0 radical (unpaired) electrons. The molecule has 2 rings (SSSR count). The summed E-state index contributed by atoms with van der Waals surface area (Å²) < 4.78 is 73.8. The van der Waals surface area contributed by atoms with Crippen molar-refractivity contribution in [3.63, 3.8) is 0 Å². The Labute approximate surface area is 166 Å². The van der Waals surface area contributed by atoms with Crippen molar-refractivity contribution in [1.29, 1.82) is 0 Å². The first kappa shape index (κ1) is 22.4. The third-order valence-electron chi connectivity index (χ3n) is 3.82. The van der Waals surface area contributed by atoms with Crippen LogP contribution in [0.3, 0.4) is 0 Å². The lowest BCUT2D eigenvalue weighted by Gasteiger charge is -2.09. The Hall–Kier alpha value is -2.85. The molecule has 0 aliphatic carbocycles. The highest BCUT2D eigenvalue weighted by Crippen LogP contribution is 2.29. The molecule has 0 aliphatic rings. The van der Waals surface area contributed by atoms with Crippen molar-refractivity contribution >= 4 is 22.1 Å². The van der Waals surface area contributed by atoms with E-state index in [0.717, 1.165) is 18.2 Å². The van der Waals surface area contributed by atoms with E-state index in [1.807, 2.05) is 0 Å². The number of esters is 1. The monoisotopic (exact) mass is 429 g/mol. The van der Waals surface area contributed by atoms with Crippen LogP contribution in [-0.2, 0) is 32.3 Å². The van der Waals surface area contributed by atoms with E-state index in [-0.39, 0.29) is 17.3 Å². The Morgan fingerprint density at radius 3 is 2.34 bits per heavy atom. The fourth-order valence-corrected chi connectivity index (χ4v) is 3.20. The summed E-state index contributed by atoms with van der Waals surface area (Å²) in [5.74, 6) is -0.597. The number of benzene rings is 2. The van der Waals surface area contributed by atoms with E-state index in [2.05, 4.69) is 4.72 Å². The van der Waals surface area contributed by atoms with Gasteiger partial charge in [-0.1, -0.05) is 18.2 Å². The molecule has 1 N–H and O–H groups in total. The van der Waals surface area contributed by atoms with Crippen LogP contribution in [0.4, 0.5) is 13.2 Å². The van der Waals surface area contributed by atoms with Crippen LogP contribution in [0.5, 0.6) is 5.75 Å². The lowest BCUT2D eigenvalue weighted by atomic mass is 10.1. The van der Waals surface area contributed by atoms with Crippen LogP contribution < -0.4 is 9.46 Å². The van der Waals surface area contributed by atoms with Gasteiger partial charge in [0.2, 0.25) is 10.0 Å². The molecule has 156 valence electrons. The molecule has 0 heterocycles. The van der Waals surface area contributed by atoms with Crippen LogP contribution in [-0.4, -0.2) is 28.5 Å². The van der Waals surface area contributed by atoms with E-state index < -0.39 is 27.7 Å². The first-order valence-electron chi connectivity index (χ1n) is 8.19. The van der Waals surface area contributed by atoms with Gasteiger partial charge in [0.25, 0.3) is 0 Å². The highest BCUT2D eigenvalue weighted by Gasteiger charge is 2.29. The Kier molecular flexibility index (Phi) is 7.04. The second-order valence-corrected chi connectivity index (χ2v) is 7.61. The number of hydrogen-bond acceptors (Lipinski definition) is 5. The summed E-state index contributed by atoms with van der Waals surface area (Å²) in [4.78, 5) is 11.7. The Morgan fingerprint density at radius 2 is 1.79 bits per heavy atom. The summed E-state index contributed by atoms with van der Waals surface area (Å²) in [6, 6.07) is 8.56. The number of carbonyl (C=O) groups excluding carboxylic acids is 1. The minimum atomic E-state index is -4.43. The van der Waals surface area contributed by atoms with Crippen LogP contribution in [0.15, 0.2) is 53.4 Å². The molecule has 29 heavy (non-hydrogen) atoms. The van der Waals surface area contributed by atoms with Gasteiger partial charge in [0.1, 0.15) is 17.3 Å². The van der Waals surface area contributed by atoms with Crippen molar-refractivity contribution in [2.45, 2.75) is 17.7 Å². The van der Waals surface area contributed by atoms with E-state index in [4.69, 9.17) is 9.47 Å². The summed E-state index contributed by atoms with van der Waals surface area (Å²) >= 11 is 0. The minimum absolute atomic E-state index is 0.0947. The van der Waals surface area contributed by atoms with Crippen LogP contribution in [0.2, 0.25) is 0 Å². The maximum atomic E-state index is 12.5. The molecule has 0 saturated heterocycles. The fourth-order valence-electron chi connectivity index (χ4n) is 2.27. The molecule has 10 heteroatoms. The molecule has 0 unspecified atom stereocenters. The van der Waals surface area contributed by atoms with Gasteiger partial charge in [-0.05, 0) is 48.5 Å². The normalized spacial score (nSPS) is 12.2. The largest absolute Gasteiger partial charge is 0.495 e. The van der Waals surface area contributed by atoms with Crippen molar-refractivity contribution in [2.75, 3.05) is 14.2 Å². The molecule has 2 aromatic carbocycles. The highest BCUT2D eigenvalue weighted by molar-refractivity contribution is 7.89. The zero-order valence-electron chi connectivity index (χ0n) is 15.5. The molecule has 6 nitrogen and oxygen atoms in total. The number of rotatable bonds is 7. The summed E-state index contributed by atoms with van der Waals surface area (Å²) in [6.45, 7) is -0.205. The van der Waals surface area contributed by atoms with Crippen molar-refractivity contribution in [3.05, 3.63) is 65.2 Å². The third kappa shape index (κ3) is 6.06. The zero-order valence-corrected chi connectivity index (χ0v) is 16.3. The topological polar surface area (TPSA) is 81.7 Å².